The maximum Gasteiger partial charge on any atom is 0.288 e. The molecule has 0 bridgehead atoms. The van der Waals surface area contributed by atoms with Gasteiger partial charge >= 0.3 is 0 Å². The molecule has 1 saturated heterocycles. The SMILES string of the molecule is CN=C(O[C@]1(C)CCNC1)N1CCc2ccccc2[C@@H]1c1ccc(F)cc1. The van der Waals surface area contributed by atoms with Gasteiger partial charge in [0.25, 0.3) is 6.02 Å². The third kappa shape index (κ3) is 3.56. The van der Waals surface area contributed by atoms with Gasteiger partial charge in [-0.25, -0.2) is 9.38 Å². The van der Waals surface area contributed by atoms with E-state index in [0.717, 1.165) is 38.0 Å². The first-order valence-electron chi connectivity index (χ1n) is 9.56. The standard InChI is InChI=1S/C22H26FN3O/c1-22(12-13-25-15-22)27-21(24-2)26-14-11-16-5-3-4-6-19(16)20(26)17-7-9-18(23)10-8-17/h3-10,20,25H,11-15H2,1-2H3/t20-,22+/m0/s1. The predicted octanol–water partition coefficient (Wildman–Crippen LogP) is 3.53. The van der Waals surface area contributed by atoms with Crippen LogP contribution in [0.15, 0.2) is 53.5 Å². The van der Waals surface area contributed by atoms with Crippen LogP contribution in [0.2, 0.25) is 0 Å². The molecular formula is C22H26FN3O. The molecule has 0 aromatic heterocycles. The minimum atomic E-state index is -0.251. The zero-order chi connectivity index (χ0) is 18.9. The molecular weight excluding hydrogens is 341 g/mol. The van der Waals surface area contributed by atoms with Crippen molar-refractivity contribution in [2.45, 2.75) is 31.4 Å². The summed E-state index contributed by atoms with van der Waals surface area (Å²) in [5, 5.41) is 3.37. The molecule has 0 spiro atoms. The Labute approximate surface area is 160 Å². The monoisotopic (exact) mass is 367 g/mol. The average molecular weight is 367 g/mol. The lowest BCUT2D eigenvalue weighted by molar-refractivity contribution is 0.0639. The summed E-state index contributed by atoms with van der Waals surface area (Å²) < 4.78 is 19.9. The fraction of sp³-hybridized carbons (Fsp3) is 0.409. The molecule has 2 aromatic rings. The smallest absolute Gasteiger partial charge is 0.288 e. The van der Waals surface area contributed by atoms with Crippen LogP contribution in [0.25, 0.3) is 0 Å². The molecule has 4 rings (SSSR count). The quantitative estimate of drug-likeness (QED) is 0.652. The molecule has 2 aromatic carbocycles. The Morgan fingerprint density at radius 3 is 2.70 bits per heavy atom. The third-order valence-electron chi connectivity index (χ3n) is 5.57. The van der Waals surface area contributed by atoms with Gasteiger partial charge in [0.1, 0.15) is 11.4 Å². The molecule has 2 heterocycles. The highest BCUT2D eigenvalue weighted by molar-refractivity contribution is 5.76. The molecule has 0 aliphatic carbocycles. The highest BCUT2D eigenvalue weighted by atomic mass is 19.1. The van der Waals surface area contributed by atoms with Gasteiger partial charge < -0.3 is 15.0 Å². The summed E-state index contributed by atoms with van der Waals surface area (Å²) in [6.45, 7) is 4.72. The summed E-state index contributed by atoms with van der Waals surface area (Å²) in [5.41, 5.74) is 3.35. The number of hydrogen-bond donors (Lipinski definition) is 1. The molecule has 142 valence electrons. The van der Waals surface area contributed by atoms with Crippen LogP contribution in [0.3, 0.4) is 0 Å². The van der Waals surface area contributed by atoms with Gasteiger partial charge in [-0.1, -0.05) is 36.4 Å². The minimum absolute atomic E-state index is 0.0350. The molecule has 1 N–H and O–H groups in total. The van der Waals surface area contributed by atoms with Crippen molar-refractivity contribution in [3.63, 3.8) is 0 Å². The molecule has 0 radical (unpaired) electrons. The number of nitrogens with one attached hydrogen (secondary N) is 1. The summed E-state index contributed by atoms with van der Waals surface area (Å²) in [6.07, 6.45) is 1.89. The van der Waals surface area contributed by atoms with E-state index in [1.165, 1.54) is 23.3 Å². The van der Waals surface area contributed by atoms with E-state index >= 15 is 0 Å². The van der Waals surface area contributed by atoms with Gasteiger partial charge in [0.2, 0.25) is 0 Å². The highest BCUT2D eigenvalue weighted by Gasteiger charge is 2.37. The van der Waals surface area contributed by atoms with Crippen LogP contribution in [0.1, 0.15) is 36.1 Å². The molecule has 27 heavy (non-hydrogen) atoms. The van der Waals surface area contributed by atoms with Gasteiger partial charge in [-0.05, 0) is 48.7 Å². The second kappa shape index (κ2) is 7.31. The Morgan fingerprint density at radius 1 is 1.22 bits per heavy atom. The van der Waals surface area contributed by atoms with Gasteiger partial charge in [0.05, 0.1) is 6.04 Å². The van der Waals surface area contributed by atoms with Crippen molar-refractivity contribution in [3.8, 4) is 0 Å². The molecule has 5 heteroatoms. The van der Waals surface area contributed by atoms with Crippen LogP contribution in [0, 0.1) is 5.82 Å². The molecule has 0 saturated carbocycles. The lowest BCUT2D eigenvalue weighted by Crippen LogP contribution is -2.46. The second-order valence-electron chi connectivity index (χ2n) is 7.58. The maximum atomic E-state index is 13.5. The normalized spacial score (nSPS) is 25.4. The summed E-state index contributed by atoms with van der Waals surface area (Å²) in [7, 11) is 1.78. The van der Waals surface area contributed by atoms with Gasteiger partial charge in [-0.2, -0.15) is 0 Å². The summed E-state index contributed by atoms with van der Waals surface area (Å²) in [4.78, 5) is 6.73. The van der Waals surface area contributed by atoms with Crippen molar-refractivity contribution in [2.24, 2.45) is 4.99 Å². The van der Waals surface area contributed by atoms with Crippen LogP contribution < -0.4 is 5.32 Å². The Bertz CT molecular complexity index is 828. The van der Waals surface area contributed by atoms with Crippen molar-refractivity contribution in [1.29, 1.82) is 0 Å². The van der Waals surface area contributed by atoms with E-state index in [4.69, 9.17) is 4.74 Å². The van der Waals surface area contributed by atoms with Crippen LogP contribution in [-0.2, 0) is 11.2 Å². The predicted molar refractivity (Wildman–Crippen MR) is 105 cm³/mol. The second-order valence-corrected chi connectivity index (χ2v) is 7.58. The number of benzene rings is 2. The summed E-state index contributed by atoms with van der Waals surface area (Å²) in [5.74, 6) is -0.223. The van der Waals surface area contributed by atoms with E-state index in [9.17, 15) is 4.39 Å². The van der Waals surface area contributed by atoms with E-state index in [1.54, 1.807) is 7.05 Å². The molecule has 0 unspecified atom stereocenters. The maximum absolute atomic E-state index is 13.5. The van der Waals surface area contributed by atoms with Crippen molar-refractivity contribution in [2.75, 3.05) is 26.7 Å². The zero-order valence-electron chi connectivity index (χ0n) is 15.9. The van der Waals surface area contributed by atoms with E-state index in [2.05, 4.69) is 46.4 Å². The third-order valence-corrected chi connectivity index (χ3v) is 5.57. The molecule has 2 aliphatic heterocycles. The van der Waals surface area contributed by atoms with Crippen LogP contribution >= 0.6 is 0 Å². The fourth-order valence-electron chi connectivity index (χ4n) is 4.11. The molecule has 0 amide bonds. The summed E-state index contributed by atoms with van der Waals surface area (Å²) >= 11 is 0. The molecule has 2 atom stereocenters. The highest BCUT2D eigenvalue weighted by Crippen LogP contribution is 2.36. The first-order valence-corrected chi connectivity index (χ1v) is 9.56. The largest absolute Gasteiger partial charge is 0.457 e. The minimum Gasteiger partial charge on any atom is -0.457 e. The number of nitrogens with zero attached hydrogens (tertiary/aromatic N) is 2. The average Bonchev–Trinajstić information content (AvgIpc) is 3.12. The van der Waals surface area contributed by atoms with Crippen LogP contribution in [-0.4, -0.2) is 43.2 Å². The van der Waals surface area contributed by atoms with Gasteiger partial charge in [-0.3, -0.25) is 0 Å². The topological polar surface area (TPSA) is 36.9 Å². The van der Waals surface area contributed by atoms with Crippen molar-refractivity contribution >= 4 is 6.02 Å². The number of amidine groups is 1. The lowest BCUT2D eigenvalue weighted by Gasteiger charge is -2.41. The molecule has 4 nitrogen and oxygen atoms in total. The van der Waals surface area contributed by atoms with Crippen molar-refractivity contribution in [1.82, 2.24) is 10.2 Å². The number of aliphatic imine (C=N–C) groups is 1. The molecule has 1 fully saturated rings. The molecule has 2 aliphatic rings. The van der Waals surface area contributed by atoms with Gasteiger partial charge in [0.15, 0.2) is 0 Å². The zero-order valence-corrected chi connectivity index (χ0v) is 15.9. The summed E-state index contributed by atoms with van der Waals surface area (Å²) in [6, 6.07) is 15.9. The van der Waals surface area contributed by atoms with Crippen LogP contribution in [0.5, 0.6) is 0 Å². The lowest BCUT2D eigenvalue weighted by atomic mass is 9.88. The van der Waals surface area contributed by atoms with E-state index in [-0.39, 0.29) is 17.5 Å². The first-order chi connectivity index (χ1) is 13.1. The number of fused-ring (bicyclic) bond motifs is 1. The number of rotatable bonds is 2. The Morgan fingerprint density at radius 2 is 2.00 bits per heavy atom. The van der Waals surface area contributed by atoms with Crippen LogP contribution in [0.4, 0.5) is 4.39 Å². The van der Waals surface area contributed by atoms with Crippen molar-refractivity contribution < 1.29 is 9.13 Å². The Hall–Kier alpha value is -2.40. The number of hydrogen-bond acceptors (Lipinski definition) is 3. The number of ether oxygens (including phenoxy) is 1. The van der Waals surface area contributed by atoms with Crippen molar-refractivity contribution in [3.05, 3.63) is 71.0 Å². The van der Waals surface area contributed by atoms with E-state index < -0.39 is 0 Å². The first kappa shape index (κ1) is 18.0. The Balaban J connectivity index is 1.72. The van der Waals surface area contributed by atoms with Gasteiger partial charge in [-0.15, -0.1) is 0 Å². The van der Waals surface area contributed by atoms with E-state index in [1.807, 2.05) is 12.1 Å². The van der Waals surface area contributed by atoms with E-state index in [0.29, 0.717) is 6.02 Å². The number of halogens is 1. The fourth-order valence-corrected chi connectivity index (χ4v) is 4.11. The van der Waals surface area contributed by atoms with Gasteiger partial charge in [0, 0.05) is 26.6 Å². The Kier molecular flexibility index (Phi) is 4.87.